The highest BCUT2D eigenvalue weighted by Crippen LogP contribution is 2.21. The van der Waals surface area contributed by atoms with Crippen LogP contribution in [0.15, 0.2) is 22.7 Å². The first kappa shape index (κ1) is 12.1. The summed E-state index contributed by atoms with van der Waals surface area (Å²) in [4.78, 5) is 2.41. The maximum absolute atomic E-state index is 9.10. The van der Waals surface area contributed by atoms with E-state index < -0.39 is 0 Å². The average molecular weight is 284 g/mol. The molecule has 3 heteroatoms. The Hall–Kier alpha value is -0.380. The van der Waals surface area contributed by atoms with Gasteiger partial charge in [-0.1, -0.05) is 28.1 Å². The summed E-state index contributed by atoms with van der Waals surface area (Å²) in [5.74, 6) is 0.480. The topological polar surface area (TPSA) is 23.5 Å². The summed E-state index contributed by atoms with van der Waals surface area (Å²) in [6, 6.07) is 6.53. The van der Waals surface area contributed by atoms with E-state index in [4.69, 9.17) is 5.11 Å². The molecule has 2 rings (SSSR count). The van der Waals surface area contributed by atoms with Gasteiger partial charge in [0.2, 0.25) is 0 Å². The highest BCUT2D eigenvalue weighted by atomic mass is 79.9. The fourth-order valence-electron chi connectivity index (χ4n) is 2.20. The molecule has 0 radical (unpaired) electrons. The number of aliphatic hydroxyl groups is 1. The Labute approximate surface area is 105 Å². The molecule has 0 spiro atoms. The van der Waals surface area contributed by atoms with Gasteiger partial charge in [0.1, 0.15) is 0 Å². The lowest BCUT2D eigenvalue weighted by atomic mass is 10.1. The molecular formula is C13H18BrNO. The van der Waals surface area contributed by atoms with Crippen molar-refractivity contribution in [2.45, 2.75) is 19.9 Å². The minimum atomic E-state index is 0.327. The molecule has 1 atom stereocenters. The summed E-state index contributed by atoms with van der Waals surface area (Å²) in [6.45, 7) is 5.56. The van der Waals surface area contributed by atoms with Crippen molar-refractivity contribution in [3.8, 4) is 0 Å². The van der Waals surface area contributed by atoms with E-state index in [1.165, 1.54) is 15.6 Å². The van der Waals surface area contributed by atoms with E-state index in [0.29, 0.717) is 12.5 Å². The summed E-state index contributed by atoms with van der Waals surface area (Å²) in [5, 5.41) is 9.10. The van der Waals surface area contributed by atoms with Gasteiger partial charge in [0.05, 0.1) is 0 Å². The van der Waals surface area contributed by atoms with Crippen LogP contribution in [0.3, 0.4) is 0 Å². The SMILES string of the molecule is Cc1ccc(CN2CCC(CO)C2)cc1Br. The number of hydrogen-bond donors (Lipinski definition) is 1. The summed E-state index contributed by atoms with van der Waals surface area (Å²) in [7, 11) is 0. The largest absolute Gasteiger partial charge is 0.396 e. The third kappa shape index (κ3) is 2.84. The van der Waals surface area contributed by atoms with Crippen molar-refractivity contribution in [3.63, 3.8) is 0 Å². The van der Waals surface area contributed by atoms with Crippen molar-refractivity contribution in [1.82, 2.24) is 4.90 Å². The normalized spacial score (nSPS) is 21.6. The van der Waals surface area contributed by atoms with Gasteiger partial charge in [-0.2, -0.15) is 0 Å². The van der Waals surface area contributed by atoms with Crippen LogP contribution in [-0.2, 0) is 6.54 Å². The smallest absolute Gasteiger partial charge is 0.0471 e. The van der Waals surface area contributed by atoms with Crippen LogP contribution in [0.2, 0.25) is 0 Å². The first-order valence-electron chi connectivity index (χ1n) is 5.77. The quantitative estimate of drug-likeness (QED) is 0.922. The third-order valence-corrected chi connectivity index (χ3v) is 4.12. The number of benzene rings is 1. The number of rotatable bonds is 3. The molecular weight excluding hydrogens is 266 g/mol. The Morgan fingerprint density at radius 3 is 2.94 bits per heavy atom. The van der Waals surface area contributed by atoms with E-state index in [0.717, 1.165) is 26.1 Å². The summed E-state index contributed by atoms with van der Waals surface area (Å²) in [6.07, 6.45) is 1.13. The van der Waals surface area contributed by atoms with Crippen molar-refractivity contribution in [3.05, 3.63) is 33.8 Å². The van der Waals surface area contributed by atoms with Gasteiger partial charge in [-0.25, -0.2) is 0 Å². The molecule has 1 aromatic rings. The Balaban J connectivity index is 1.97. The second kappa shape index (κ2) is 5.30. The van der Waals surface area contributed by atoms with Crippen molar-refractivity contribution < 1.29 is 5.11 Å². The fraction of sp³-hybridized carbons (Fsp3) is 0.538. The number of aryl methyl sites for hydroxylation is 1. The predicted molar refractivity (Wildman–Crippen MR) is 69.3 cm³/mol. The molecule has 1 heterocycles. The van der Waals surface area contributed by atoms with E-state index in [9.17, 15) is 0 Å². The van der Waals surface area contributed by atoms with Crippen molar-refractivity contribution in [2.24, 2.45) is 5.92 Å². The van der Waals surface area contributed by atoms with Crippen molar-refractivity contribution >= 4 is 15.9 Å². The molecule has 1 aliphatic rings. The molecule has 1 fully saturated rings. The molecule has 0 bridgehead atoms. The zero-order valence-electron chi connectivity index (χ0n) is 9.62. The lowest BCUT2D eigenvalue weighted by molar-refractivity contribution is 0.220. The third-order valence-electron chi connectivity index (χ3n) is 3.27. The van der Waals surface area contributed by atoms with Gasteiger partial charge < -0.3 is 5.11 Å². The van der Waals surface area contributed by atoms with E-state index in [2.05, 4.69) is 46.0 Å². The van der Waals surface area contributed by atoms with Crippen LogP contribution in [0.25, 0.3) is 0 Å². The van der Waals surface area contributed by atoms with E-state index >= 15 is 0 Å². The lowest BCUT2D eigenvalue weighted by Crippen LogP contribution is -2.20. The van der Waals surface area contributed by atoms with Crippen LogP contribution >= 0.6 is 15.9 Å². The lowest BCUT2D eigenvalue weighted by Gasteiger charge is -2.16. The summed E-state index contributed by atoms with van der Waals surface area (Å²) in [5.41, 5.74) is 2.62. The second-order valence-corrected chi connectivity index (χ2v) is 5.51. The maximum Gasteiger partial charge on any atom is 0.0471 e. The first-order valence-corrected chi connectivity index (χ1v) is 6.56. The van der Waals surface area contributed by atoms with Gasteiger partial charge in [-0.15, -0.1) is 0 Å². The Bertz CT molecular complexity index is 367. The standard InChI is InChI=1S/C13H18BrNO/c1-10-2-3-11(6-13(10)14)7-15-5-4-12(8-15)9-16/h2-3,6,12,16H,4-5,7-9H2,1H3. The molecule has 1 saturated heterocycles. The first-order chi connectivity index (χ1) is 7.69. The minimum Gasteiger partial charge on any atom is -0.396 e. The molecule has 0 amide bonds. The number of likely N-dealkylation sites (tertiary alicyclic amines) is 1. The Morgan fingerprint density at radius 1 is 1.50 bits per heavy atom. The molecule has 1 aromatic carbocycles. The minimum absolute atomic E-state index is 0.327. The highest BCUT2D eigenvalue weighted by Gasteiger charge is 2.21. The van der Waals surface area contributed by atoms with Crippen LogP contribution in [0.4, 0.5) is 0 Å². The molecule has 16 heavy (non-hydrogen) atoms. The van der Waals surface area contributed by atoms with Gasteiger partial charge in [0, 0.05) is 24.2 Å². The fourth-order valence-corrected chi connectivity index (χ4v) is 2.62. The molecule has 1 N–H and O–H groups in total. The van der Waals surface area contributed by atoms with Crippen LogP contribution in [0.1, 0.15) is 17.5 Å². The van der Waals surface area contributed by atoms with Crippen LogP contribution in [0, 0.1) is 12.8 Å². The van der Waals surface area contributed by atoms with Crippen LogP contribution < -0.4 is 0 Å². The molecule has 0 aliphatic carbocycles. The number of nitrogens with zero attached hydrogens (tertiary/aromatic N) is 1. The molecule has 1 unspecified atom stereocenters. The Kier molecular flexibility index (Phi) is 4.00. The van der Waals surface area contributed by atoms with E-state index in [-0.39, 0.29) is 0 Å². The monoisotopic (exact) mass is 283 g/mol. The van der Waals surface area contributed by atoms with Gasteiger partial charge in [0.15, 0.2) is 0 Å². The van der Waals surface area contributed by atoms with Gasteiger partial charge in [-0.05, 0) is 43.0 Å². The number of hydrogen-bond acceptors (Lipinski definition) is 2. The zero-order chi connectivity index (χ0) is 11.5. The maximum atomic E-state index is 9.10. The zero-order valence-corrected chi connectivity index (χ0v) is 11.2. The van der Waals surface area contributed by atoms with Crippen molar-refractivity contribution in [2.75, 3.05) is 19.7 Å². The molecule has 2 nitrogen and oxygen atoms in total. The summed E-state index contributed by atoms with van der Waals surface area (Å²) >= 11 is 3.56. The molecule has 0 saturated carbocycles. The molecule has 1 aliphatic heterocycles. The van der Waals surface area contributed by atoms with Crippen molar-refractivity contribution in [1.29, 1.82) is 0 Å². The van der Waals surface area contributed by atoms with Gasteiger partial charge in [0.25, 0.3) is 0 Å². The van der Waals surface area contributed by atoms with E-state index in [1.807, 2.05) is 0 Å². The van der Waals surface area contributed by atoms with Crippen LogP contribution in [0.5, 0.6) is 0 Å². The van der Waals surface area contributed by atoms with E-state index in [1.54, 1.807) is 0 Å². The average Bonchev–Trinajstić information content (AvgIpc) is 2.71. The summed E-state index contributed by atoms with van der Waals surface area (Å²) < 4.78 is 1.18. The Morgan fingerprint density at radius 2 is 2.31 bits per heavy atom. The highest BCUT2D eigenvalue weighted by molar-refractivity contribution is 9.10. The van der Waals surface area contributed by atoms with Crippen LogP contribution in [-0.4, -0.2) is 29.7 Å². The van der Waals surface area contributed by atoms with Gasteiger partial charge in [-0.3, -0.25) is 4.90 Å². The molecule has 88 valence electrons. The number of halogens is 1. The number of aliphatic hydroxyl groups excluding tert-OH is 1. The van der Waals surface area contributed by atoms with Gasteiger partial charge >= 0.3 is 0 Å². The second-order valence-electron chi connectivity index (χ2n) is 4.66. The predicted octanol–water partition coefficient (Wildman–Crippen LogP) is 2.57. The molecule has 0 aromatic heterocycles.